The molecule has 0 fully saturated rings. The summed E-state index contributed by atoms with van der Waals surface area (Å²) in [5.74, 6) is 1.84. The van der Waals surface area contributed by atoms with E-state index in [0.717, 1.165) is 53.7 Å². The van der Waals surface area contributed by atoms with E-state index in [0.29, 0.717) is 6.67 Å². The van der Waals surface area contributed by atoms with Crippen molar-refractivity contribution in [2.45, 2.75) is 72.8 Å². The van der Waals surface area contributed by atoms with Crippen LogP contribution >= 0.6 is 0 Å². The van der Waals surface area contributed by atoms with Crippen molar-refractivity contribution in [2.75, 3.05) is 18.6 Å². The number of aromatic nitrogens is 3. The van der Waals surface area contributed by atoms with Gasteiger partial charge in [0.15, 0.2) is 11.5 Å². The van der Waals surface area contributed by atoms with E-state index in [4.69, 9.17) is 4.98 Å². The lowest BCUT2D eigenvalue weighted by Gasteiger charge is -2.35. The summed E-state index contributed by atoms with van der Waals surface area (Å²) in [6.07, 6.45) is 8.69. The third-order valence-corrected chi connectivity index (χ3v) is 5.57. The van der Waals surface area contributed by atoms with Crippen molar-refractivity contribution in [2.24, 2.45) is 0 Å². The Kier molecular flexibility index (Phi) is 6.37. The number of unbranched alkanes of at least 4 members (excludes halogenated alkanes) is 4. The molecule has 0 aromatic carbocycles. The number of anilines is 2. The van der Waals surface area contributed by atoms with Gasteiger partial charge >= 0.3 is 0 Å². The van der Waals surface area contributed by atoms with Crippen LogP contribution in [0.5, 0.6) is 0 Å². The molecule has 0 aliphatic carbocycles. The fraction of sp³-hybridized carbons (Fsp3) is 0.591. The molecular formula is C22H33N5O. The van der Waals surface area contributed by atoms with Crippen LogP contribution in [0.2, 0.25) is 0 Å². The van der Waals surface area contributed by atoms with Crippen LogP contribution in [0.25, 0.3) is 0 Å². The predicted octanol–water partition coefficient (Wildman–Crippen LogP) is 4.61. The topological polar surface area (TPSA) is 54.3 Å². The van der Waals surface area contributed by atoms with E-state index in [1.54, 1.807) is 4.90 Å². The van der Waals surface area contributed by atoms with Crippen molar-refractivity contribution in [1.29, 1.82) is 0 Å². The zero-order valence-electron chi connectivity index (χ0n) is 18.0. The molecule has 1 amide bonds. The first-order valence-electron chi connectivity index (χ1n) is 10.5. The van der Waals surface area contributed by atoms with Crippen molar-refractivity contribution in [3.05, 3.63) is 35.0 Å². The third kappa shape index (κ3) is 3.77. The Morgan fingerprint density at radius 2 is 1.86 bits per heavy atom. The van der Waals surface area contributed by atoms with Gasteiger partial charge in [0.25, 0.3) is 5.91 Å². The second-order valence-electron chi connectivity index (χ2n) is 7.75. The van der Waals surface area contributed by atoms with Crippen molar-refractivity contribution >= 4 is 17.4 Å². The molecule has 0 radical (unpaired) electrons. The standard InChI is InChI=1S/C22H33N5O/c1-6-8-9-10-11-14-26-18(7-2)24-21-20(26)22(28)25(5)15-27(21)19-16(3)12-13-23-17(19)4/h12-13H,6-11,14-15H2,1-5H3. The van der Waals surface area contributed by atoms with E-state index in [2.05, 4.69) is 35.2 Å². The van der Waals surface area contributed by atoms with E-state index < -0.39 is 0 Å². The number of fused-ring (bicyclic) bond motifs is 1. The molecule has 6 nitrogen and oxygen atoms in total. The molecular weight excluding hydrogens is 350 g/mol. The molecule has 3 rings (SSSR count). The summed E-state index contributed by atoms with van der Waals surface area (Å²) in [6, 6.07) is 2.02. The summed E-state index contributed by atoms with van der Waals surface area (Å²) in [5.41, 5.74) is 3.89. The maximum atomic E-state index is 13.1. The maximum Gasteiger partial charge on any atom is 0.275 e. The van der Waals surface area contributed by atoms with Gasteiger partial charge in [0.05, 0.1) is 18.1 Å². The molecule has 152 valence electrons. The van der Waals surface area contributed by atoms with Gasteiger partial charge in [0.1, 0.15) is 5.82 Å². The molecule has 1 aliphatic rings. The van der Waals surface area contributed by atoms with E-state index in [1.807, 2.05) is 26.2 Å². The van der Waals surface area contributed by atoms with Crippen LogP contribution in [0, 0.1) is 13.8 Å². The molecule has 2 aromatic heterocycles. The molecule has 1 aliphatic heterocycles. The van der Waals surface area contributed by atoms with Crippen molar-refractivity contribution in [1.82, 2.24) is 19.4 Å². The molecule has 6 heteroatoms. The Bertz CT molecular complexity index is 821. The highest BCUT2D eigenvalue weighted by molar-refractivity contribution is 6.00. The number of pyridine rings is 1. The molecule has 0 unspecified atom stereocenters. The largest absolute Gasteiger partial charge is 0.322 e. The first kappa shape index (κ1) is 20.4. The number of aryl methyl sites for hydroxylation is 3. The quantitative estimate of drug-likeness (QED) is 0.625. The minimum Gasteiger partial charge on any atom is -0.322 e. The van der Waals surface area contributed by atoms with Crippen LogP contribution in [0.1, 0.15) is 73.5 Å². The normalized spacial score (nSPS) is 14.0. The van der Waals surface area contributed by atoms with Crippen LogP contribution in [-0.2, 0) is 13.0 Å². The average Bonchev–Trinajstić information content (AvgIpc) is 3.04. The minimum atomic E-state index is 0.0613. The molecule has 0 bridgehead atoms. The smallest absolute Gasteiger partial charge is 0.275 e. The SMILES string of the molecule is CCCCCCCn1c(CC)nc2c1C(=O)N(C)CN2c1c(C)ccnc1C. The van der Waals surface area contributed by atoms with Gasteiger partial charge in [-0.15, -0.1) is 0 Å². The number of imidazole rings is 1. The highest BCUT2D eigenvalue weighted by Crippen LogP contribution is 2.36. The van der Waals surface area contributed by atoms with E-state index >= 15 is 0 Å². The lowest BCUT2D eigenvalue weighted by atomic mass is 10.1. The molecule has 3 heterocycles. The Hall–Kier alpha value is -2.37. The number of carbonyl (C=O) groups excluding carboxylic acids is 1. The van der Waals surface area contributed by atoms with Crippen molar-refractivity contribution in [3.63, 3.8) is 0 Å². The first-order valence-corrected chi connectivity index (χ1v) is 10.5. The van der Waals surface area contributed by atoms with E-state index in [9.17, 15) is 4.79 Å². The van der Waals surface area contributed by atoms with Crippen molar-refractivity contribution in [3.8, 4) is 0 Å². The Labute approximate surface area is 168 Å². The van der Waals surface area contributed by atoms with Crippen LogP contribution < -0.4 is 4.90 Å². The fourth-order valence-electron chi connectivity index (χ4n) is 4.06. The van der Waals surface area contributed by atoms with Crippen LogP contribution in [-0.4, -0.2) is 39.1 Å². The van der Waals surface area contributed by atoms with Crippen LogP contribution in [0.4, 0.5) is 11.5 Å². The average molecular weight is 384 g/mol. The number of carbonyl (C=O) groups is 1. The van der Waals surface area contributed by atoms with Gasteiger partial charge in [0.2, 0.25) is 0 Å². The number of rotatable bonds is 8. The molecule has 0 atom stereocenters. The summed E-state index contributed by atoms with van der Waals surface area (Å²) < 4.78 is 2.16. The molecule has 0 saturated heterocycles. The van der Waals surface area contributed by atoms with Crippen LogP contribution in [0.3, 0.4) is 0 Å². The molecule has 2 aromatic rings. The van der Waals surface area contributed by atoms with Crippen LogP contribution in [0.15, 0.2) is 12.3 Å². The van der Waals surface area contributed by atoms with E-state index in [-0.39, 0.29) is 5.91 Å². The molecule has 0 N–H and O–H groups in total. The molecule has 0 spiro atoms. The van der Waals surface area contributed by atoms with Gasteiger partial charge in [-0.25, -0.2) is 4.98 Å². The van der Waals surface area contributed by atoms with Gasteiger partial charge in [0, 0.05) is 26.2 Å². The number of nitrogens with zero attached hydrogens (tertiary/aromatic N) is 5. The van der Waals surface area contributed by atoms with Gasteiger partial charge in [-0.3, -0.25) is 9.78 Å². The summed E-state index contributed by atoms with van der Waals surface area (Å²) in [6.45, 7) is 9.80. The predicted molar refractivity (Wildman–Crippen MR) is 113 cm³/mol. The number of hydrogen-bond acceptors (Lipinski definition) is 4. The summed E-state index contributed by atoms with van der Waals surface area (Å²) in [4.78, 5) is 26.4. The monoisotopic (exact) mass is 383 g/mol. The van der Waals surface area contributed by atoms with Gasteiger partial charge in [-0.05, 0) is 31.9 Å². The number of amides is 1. The summed E-state index contributed by atoms with van der Waals surface area (Å²) >= 11 is 0. The van der Waals surface area contributed by atoms with Gasteiger partial charge in [-0.1, -0.05) is 39.5 Å². The molecule has 0 saturated carbocycles. The fourth-order valence-corrected chi connectivity index (χ4v) is 4.06. The number of hydrogen-bond donors (Lipinski definition) is 0. The highest BCUT2D eigenvalue weighted by atomic mass is 16.2. The van der Waals surface area contributed by atoms with Gasteiger partial charge < -0.3 is 14.4 Å². The van der Waals surface area contributed by atoms with Crippen molar-refractivity contribution < 1.29 is 4.79 Å². The molecule has 28 heavy (non-hydrogen) atoms. The first-order chi connectivity index (χ1) is 13.5. The lowest BCUT2D eigenvalue weighted by molar-refractivity contribution is 0.0775. The van der Waals surface area contributed by atoms with Gasteiger partial charge in [-0.2, -0.15) is 0 Å². The Morgan fingerprint density at radius 1 is 1.11 bits per heavy atom. The zero-order valence-corrected chi connectivity index (χ0v) is 18.0. The minimum absolute atomic E-state index is 0.0613. The second-order valence-corrected chi connectivity index (χ2v) is 7.75. The van der Waals surface area contributed by atoms with E-state index in [1.165, 1.54) is 25.7 Å². The summed E-state index contributed by atoms with van der Waals surface area (Å²) in [7, 11) is 1.86. The third-order valence-electron chi connectivity index (χ3n) is 5.57. The maximum absolute atomic E-state index is 13.1. The second kappa shape index (κ2) is 8.76. The Morgan fingerprint density at radius 3 is 2.54 bits per heavy atom. The highest BCUT2D eigenvalue weighted by Gasteiger charge is 2.35. The zero-order chi connectivity index (χ0) is 20.3. The lowest BCUT2D eigenvalue weighted by Crippen LogP contribution is -2.43. The summed E-state index contributed by atoms with van der Waals surface area (Å²) in [5, 5.41) is 0. The Balaban J connectivity index is 2.00.